The van der Waals surface area contributed by atoms with Crippen LogP contribution in [0.3, 0.4) is 0 Å². The summed E-state index contributed by atoms with van der Waals surface area (Å²) in [5, 5.41) is 4.19. The monoisotopic (exact) mass is 565 g/mol. The Hall–Kier alpha value is -3.97. The maximum absolute atomic E-state index is 15.0. The van der Waals surface area contributed by atoms with Crippen LogP contribution in [0.2, 0.25) is 0 Å². The molecule has 2 heterocycles. The average molecular weight is 565 g/mol. The lowest BCUT2D eigenvalue weighted by molar-refractivity contribution is -0.153. The second-order valence-electron chi connectivity index (χ2n) is 10.2. The van der Waals surface area contributed by atoms with Gasteiger partial charge in [-0.2, -0.15) is 22.0 Å². The number of carbonyl (C=O) groups is 4. The van der Waals surface area contributed by atoms with E-state index in [1.165, 1.54) is 23.1 Å². The van der Waals surface area contributed by atoms with Crippen LogP contribution in [0.15, 0.2) is 36.4 Å². The topological polar surface area (TPSA) is 105 Å². The van der Waals surface area contributed by atoms with Crippen LogP contribution in [-0.2, 0) is 39.6 Å². The van der Waals surface area contributed by atoms with Crippen LogP contribution >= 0.6 is 0 Å². The molecule has 8 nitrogen and oxygen atoms in total. The number of ether oxygens (including phenoxy) is 1. The maximum Gasteiger partial charge on any atom is 0.417 e. The molecule has 2 aliphatic rings. The van der Waals surface area contributed by atoms with E-state index < -0.39 is 64.9 Å². The first-order valence-corrected chi connectivity index (χ1v) is 12.4. The van der Waals surface area contributed by atoms with Gasteiger partial charge in [-0.05, 0) is 55.7 Å². The zero-order chi connectivity index (χ0) is 29.6. The maximum atomic E-state index is 15.0. The van der Waals surface area contributed by atoms with Gasteiger partial charge >= 0.3 is 12.1 Å². The summed E-state index contributed by atoms with van der Waals surface area (Å²) in [6, 6.07) is 6.21. The van der Waals surface area contributed by atoms with Crippen molar-refractivity contribution >= 4 is 31.5 Å². The highest BCUT2D eigenvalue weighted by atomic mass is 19.4. The Balaban J connectivity index is 1.50. The van der Waals surface area contributed by atoms with Crippen molar-refractivity contribution in [3.63, 3.8) is 0 Å². The van der Waals surface area contributed by atoms with Gasteiger partial charge < -0.3 is 15.0 Å². The van der Waals surface area contributed by atoms with E-state index in [4.69, 9.17) is 4.74 Å². The minimum absolute atomic E-state index is 0.00393. The fourth-order valence-electron chi connectivity index (χ4n) is 4.73. The third-order valence-corrected chi connectivity index (χ3v) is 6.90. The number of carbonyl (C=O) groups excluding carboxylic acids is 4. The van der Waals surface area contributed by atoms with E-state index in [1.54, 1.807) is 21.7 Å². The average Bonchev–Trinajstić information content (AvgIpc) is 3.20. The van der Waals surface area contributed by atoms with Gasteiger partial charge in [-0.1, -0.05) is 12.1 Å². The van der Waals surface area contributed by atoms with Crippen molar-refractivity contribution in [2.75, 3.05) is 0 Å². The summed E-state index contributed by atoms with van der Waals surface area (Å²) in [6.07, 6.45) is -5.50. The van der Waals surface area contributed by atoms with Gasteiger partial charge in [-0.3, -0.25) is 24.5 Å². The predicted molar refractivity (Wildman–Crippen MR) is 133 cm³/mol. The van der Waals surface area contributed by atoms with Crippen molar-refractivity contribution in [3.8, 4) is 5.75 Å². The standard InChI is InChI=1S/C26H25BF5N3O5/c1-13(2)40-16-4-6-18(19(10-16)26(30,31)32)25(28,29)23(39)33-11-14-3-5-17-15(9-14)12-35(21(17)37)24(27)8-7-20(36)34-22(24)38/h3-6,9-10,13H,7-8,11-12,27H2,1-2H3,(H,33,39)(H,34,36,38)/t24-/m0/s1. The summed E-state index contributed by atoms with van der Waals surface area (Å²) >= 11 is 0. The third kappa shape index (κ3) is 5.39. The Kier molecular flexibility index (Phi) is 7.41. The molecule has 14 heteroatoms. The molecule has 2 aromatic rings. The van der Waals surface area contributed by atoms with Gasteiger partial charge in [0.1, 0.15) is 13.6 Å². The van der Waals surface area contributed by atoms with Gasteiger partial charge in [-0.15, -0.1) is 0 Å². The SMILES string of the molecule is B[C@]1(N2Cc3cc(CNC(=O)C(F)(F)c4ccc(OC(C)C)cc4C(F)(F)F)ccc3C2=O)CCC(=O)NC1=O. The Morgan fingerprint density at radius 1 is 1.10 bits per heavy atom. The second-order valence-corrected chi connectivity index (χ2v) is 10.2. The lowest BCUT2D eigenvalue weighted by Gasteiger charge is -2.39. The Bertz CT molecular complexity index is 1400. The summed E-state index contributed by atoms with van der Waals surface area (Å²) in [5.41, 5.74) is -3.43. The number of alkyl halides is 5. The van der Waals surface area contributed by atoms with Gasteiger partial charge in [0.05, 0.1) is 17.1 Å². The highest BCUT2D eigenvalue weighted by molar-refractivity contribution is 6.32. The van der Waals surface area contributed by atoms with Crippen LogP contribution in [-0.4, -0.2) is 47.9 Å². The fraction of sp³-hybridized carbons (Fsp3) is 0.385. The summed E-state index contributed by atoms with van der Waals surface area (Å²) in [7, 11) is 1.54. The smallest absolute Gasteiger partial charge is 0.417 e. The van der Waals surface area contributed by atoms with E-state index in [0.717, 1.165) is 6.07 Å². The third-order valence-electron chi connectivity index (χ3n) is 6.90. The number of fused-ring (bicyclic) bond motifs is 1. The van der Waals surface area contributed by atoms with Crippen LogP contribution in [0, 0.1) is 0 Å². The van der Waals surface area contributed by atoms with E-state index in [0.29, 0.717) is 23.3 Å². The van der Waals surface area contributed by atoms with Crippen molar-refractivity contribution < 1.29 is 45.9 Å². The van der Waals surface area contributed by atoms with Crippen LogP contribution in [0.4, 0.5) is 22.0 Å². The molecular formula is C26H25BF5N3O5. The molecule has 0 radical (unpaired) electrons. The zero-order valence-electron chi connectivity index (χ0n) is 21.7. The number of rotatable bonds is 7. The predicted octanol–water partition coefficient (Wildman–Crippen LogP) is 2.62. The van der Waals surface area contributed by atoms with Crippen LogP contribution in [0.1, 0.15) is 59.3 Å². The molecule has 212 valence electrons. The number of nitrogens with one attached hydrogen (secondary N) is 2. The number of hydrogen-bond donors (Lipinski definition) is 2. The highest BCUT2D eigenvalue weighted by Crippen LogP contribution is 2.41. The van der Waals surface area contributed by atoms with E-state index in [2.05, 4.69) is 5.32 Å². The molecule has 0 aromatic heterocycles. The molecule has 0 saturated carbocycles. The van der Waals surface area contributed by atoms with Crippen LogP contribution in [0.5, 0.6) is 5.75 Å². The summed E-state index contributed by atoms with van der Waals surface area (Å²) in [6.45, 7) is 2.66. The van der Waals surface area contributed by atoms with Gasteiger partial charge in [0, 0.05) is 30.6 Å². The van der Waals surface area contributed by atoms with E-state index in [-0.39, 0.29) is 30.7 Å². The highest BCUT2D eigenvalue weighted by Gasteiger charge is 2.49. The Morgan fingerprint density at radius 3 is 2.42 bits per heavy atom. The lowest BCUT2D eigenvalue weighted by Crippen LogP contribution is -2.63. The Labute approximate surface area is 226 Å². The second kappa shape index (κ2) is 10.2. The van der Waals surface area contributed by atoms with Gasteiger partial charge in [0.25, 0.3) is 11.8 Å². The van der Waals surface area contributed by atoms with Crippen LogP contribution in [0.25, 0.3) is 0 Å². The first-order chi connectivity index (χ1) is 18.5. The molecule has 2 N–H and O–H groups in total. The molecule has 1 fully saturated rings. The van der Waals surface area contributed by atoms with Gasteiger partial charge in [0.2, 0.25) is 11.8 Å². The molecule has 0 spiro atoms. The number of amides is 4. The van der Waals surface area contributed by atoms with Gasteiger partial charge in [0.15, 0.2) is 0 Å². The van der Waals surface area contributed by atoms with Crippen molar-refractivity contribution in [2.45, 2.75) is 63.4 Å². The fourth-order valence-corrected chi connectivity index (χ4v) is 4.73. The molecule has 1 saturated heterocycles. The van der Waals surface area contributed by atoms with Crippen LogP contribution < -0.4 is 15.4 Å². The number of piperidine rings is 1. The zero-order valence-corrected chi connectivity index (χ0v) is 21.7. The quantitative estimate of drug-likeness (QED) is 0.305. The van der Waals surface area contributed by atoms with Crippen molar-refractivity contribution in [1.82, 2.24) is 15.5 Å². The number of halogens is 5. The number of imide groups is 1. The summed E-state index contributed by atoms with van der Waals surface area (Å²) in [5.74, 6) is -8.23. The first kappa shape index (κ1) is 29.0. The molecule has 2 aliphatic heterocycles. The number of nitrogens with zero attached hydrogens (tertiary/aromatic N) is 1. The van der Waals surface area contributed by atoms with Crippen molar-refractivity contribution in [2.24, 2.45) is 0 Å². The summed E-state index contributed by atoms with van der Waals surface area (Å²) in [4.78, 5) is 50.8. The Morgan fingerprint density at radius 2 is 1.80 bits per heavy atom. The molecule has 0 bridgehead atoms. The van der Waals surface area contributed by atoms with E-state index in [9.17, 15) is 32.3 Å². The van der Waals surface area contributed by atoms with Gasteiger partial charge in [-0.25, -0.2) is 0 Å². The molecule has 1 atom stereocenters. The first-order valence-electron chi connectivity index (χ1n) is 12.4. The lowest BCUT2D eigenvalue weighted by atomic mass is 9.70. The van der Waals surface area contributed by atoms with E-state index in [1.807, 2.05) is 5.32 Å². The van der Waals surface area contributed by atoms with Crippen molar-refractivity contribution in [1.29, 1.82) is 0 Å². The molecule has 4 amide bonds. The normalized spacial score (nSPS) is 19.5. The minimum Gasteiger partial charge on any atom is -0.491 e. The molecule has 40 heavy (non-hydrogen) atoms. The molecule has 4 rings (SSSR count). The molecular weight excluding hydrogens is 540 g/mol. The number of benzene rings is 2. The molecule has 2 aromatic carbocycles. The minimum atomic E-state index is -5.17. The molecule has 0 aliphatic carbocycles. The summed E-state index contributed by atoms with van der Waals surface area (Å²) < 4.78 is 76.0. The largest absolute Gasteiger partial charge is 0.491 e. The number of hydrogen-bond acceptors (Lipinski definition) is 5. The van der Waals surface area contributed by atoms with E-state index >= 15 is 8.78 Å². The molecule has 0 unspecified atom stereocenters. The van der Waals surface area contributed by atoms with Crippen molar-refractivity contribution in [3.05, 3.63) is 64.2 Å².